The molecule has 1 aromatic rings. The zero-order chi connectivity index (χ0) is 14.1. The normalized spacial score (nSPS) is 23.9. The number of hydrogen-bond donors (Lipinski definition) is 1. The topological polar surface area (TPSA) is 41.9 Å². The second kappa shape index (κ2) is 5.80. The van der Waals surface area contributed by atoms with Crippen molar-refractivity contribution >= 4 is 11.6 Å². The highest BCUT2D eigenvalue weighted by atomic mass is 35.5. The van der Waals surface area contributed by atoms with Crippen molar-refractivity contribution < 1.29 is 14.6 Å². The Morgan fingerprint density at radius 3 is 2.95 bits per heavy atom. The molecule has 110 valence electrons. The largest absolute Gasteiger partial charge is 0.486 e. The Balaban J connectivity index is 1.71. The first-order valence-electron chi connectivity index (χ1n) is 7.12. The lowest BCUT2D eigenvalue weighted by molar-refractivity contribution is 0.127. The first-order valence-corrected chi connectivity index (χ1v) is 7.49. The quantitative estimate of drug-likeness (QED) is 0.930. The monoisotopic (exact) mass is 297 g/mol. The molecule has 2 heterocycles. The molecule has 4 nitrogen and oxygen atoms in total. The van der Waals surface area contributed by atoms with Gasteiger partial charge in [0, 0.05) is 13.1 Å². The highest BCUT2D eigenvalue weighted by Crippen LogP contribution is 2.38. The molecular weight excluding hydrogens is 278 g/mol. The van der Waals surface area contributed by atoms with E-state index < -0.39 is 0 Å². The maximum Gasteiger partial charge on any atom is 0.179 e. The summed E-state index contributed by atoms with van der Waals surface area (Å²) in [6, 6.07) is 3.96. The van der Waals surface area contributed by atoms with Gasteiger partial charge < -0.3 is 14.6 Å². The average molecular weight is 298 g/mol. The van der Waals surface area contributed by atoms with E-state index in [2.05, 4.69) is 4.90 Å². The molecule has 0 aromatic heterocycles. The molecule has 1 N–H and O–H groups in total. The number of rotatable bonds is 3. The van der Waals surface area contributed by atoms with E-state index in [0.717, 1.165) is 37.4 Å². The third-order valence-electron chi connectivity index (χ3n) is 4.05. The van der Waals surface area contributed by atoms with Crippen LogP contribution in [0.15, 0.2) is 12.1 Å². The molecule has 1 fully saturated rings. The number of halogens is 1. The number of benzene rings is 1. The van der Waals surface area contributed by atoms with E-state index in [0.29, 0.717) is 29.9 Å². The summed E-state index contributed by atoms with van der Waals surface area (Å²) in [4.78, 5) is 2.35. The molecule has 2 aliphatic heterocycles. The molecular formula is C15H20ClNO3. The third-order valence-corrected chi connectivity index (χ3v) is 4.33. The van der Waals surface area contributed by atoms with E-state index >= 15 is 0 Å². The van der Waals surface area contributed by atoms with Gasteiger partial charge in [-0.3, -0.25) is 4.90 Å². The minimum atomic E-state index is -0.233. The Hall–Kier alpha value is -0.970. The number of hydrogen-bond acceptors (Lipinski definition) is 4. The van der Waals surface area contributed by atoms with Crippen molar-refractivity contribution in [1.82, 2.24) is 4.90 Å². The van der Waals surface area contributed by atoms with Gasteiger partial charge in [0.05, 0.1) is 11.1 Å². The first-order chi connectivity index (χ1) is 9.63. The predicted molar refractivity (Wildman–Crippen MR) is 77.5 cm³/mol. The minimum absolute atomic E-state index is 0.233. The van der Waals surface area contributed by atoms with Gasteiger partial charge in [0.1, 0.15) is 13.2 Å². The maximum absolute atomic E-state index is 9.65. The second-order valence-corrected chi connectivity index (χ2v) is 6.03. The summed E-state index contributed by atoms with van der Waals surface area (Å²) in [7, 11) is 0. The van der Waals surface area contributed by atoms with Crippen LogP contribution in [0.3, 0.4) is 0 Å². The van der Waals surface area contributed by atoms with Gasteiger partial charge in [0.25, 0.3) is 0 Å². The van der Waals surface area contributed by atoms with E-state index in [4.69, 9.17) is 21.1 Å². The Kier molecular flexibility index (Phi) is 4.06. The molecule has 0 spiro atoms. The lowest BCUT2D eigenvalue weighted by Crippen LogP contribution is -2.24. The van der Waals surface area contributed by atoms with Gasteiger partial charge in [-0.05, 0) is 43.5 Å². The fourth-order valence-corrected chi connectivity index (χ4v) is 3.20. The van der Waals surface area contributed by atoms with Crippen LogP contribution in [0.1, 0.15) is 18.9 Å². The number of aliphatic hydroxyl groups is 1. The highest BCUT2D eigenvalue weighted by Gasteiger charge is 2.26. The predicted octanol–water partition coefficient (Wildman–Crippen LogP) is 2.31. The van der Waals surface area contributed by atoms with Gasteiger partial charge in [-0.2, -0.15) is 0 Å². The molecule has 0 radical (unpaired) electrons. The van der Waals surface area contributed by atoms with Crippen LogP contribution < -0.4 is 9.47 Å². The smallest absolute Gasteiger partial charge is 0.179 e. The molecule has 2 atom stereocenters. The van der Waals surface area contributed by atoms with Gasteiger partial charge >= 0.3 is 0 Å². The van der Waals surface area contributed by atoms with Crippen molar-refractivity contribution in [3.05, 3.63) is 22.7 Å². The Labute approximate surface area is 124 Å². The van der Waals surface area contributed by atoms with E-state index in [9.17, 15) is 5.11 Å². The molecule has 0 saturated carbocycles. The summed E-state index contributed by atoms with van der Waals surface area (Å²) in [6.45, 7) is 5.77. The highest BCUT2D eigenvalue weighted by molar-refractivity contribution is 6.32. The van der Waals surface area contributed by atoms with Crippen LogP contribution in [0.4, 0.5) is 0 Å². The molecule has 2 aliphatic rings. The second-order valence-electron chi connectivity index (χ2n) is 5.63. The SMILES string of the molecule is CC(O)C1CCN(Cc2cc(Cl)c3c(c2)OCCO3)C1. The average Bonchev–Trinajstić information content (AvgIpc) is 2.87. The number of aliphatic hydroxyl groups excluding tert-OH is 1. The number of ether oxygens (including phenoxy) is 2. The summed E-state index contributed by atoms with van der Waals surface area (Å²) in [5.41, 5.74) is 1.13. The fraction of sp³-hybridized carbons (Fsp3) is 0.600. The van der Waals surface area contributed by atoms with Gasteiger partial charge in [-0.25, -0.2) is 0 Å². The molecule has 1 aromatic carbocycles. The molecule has 0 bridgehead atoms. The van der Waals surface area contributed by atoms with Crippen LogP contribution in [0.5, 0.6) is 11.5 Å². The van der Waals surface area contributed by atoms with E-state index in [-0.39, 0.29) is 6.10 Å². The van der Waals surface area contributed by atoms with Crippen molar-refractivity contribution in [3.8, 4) is 11.5 Å². The van der Waals surface area contributed by atoms with Crippen LogP contribution in [-0.2, 0) is 6.54 Å². The zero-order valence-electron chi connectivity index (χ0n) is 11.6. The number of likely N-dealkylation sites (tertiary alicyclic amines) is 1. The van der Waals surface area contributed by atoms with Gasteiger partial charge in [-0.1, -0.05) is 11.6 Å². The summed E-state index contributed by atoms with van der Waals surface area (Å²) in [5, 5.41) is 10.3. The molecule has 3 rings (SSSR count). The van der Waals surface area contributed by atoms with Crippen LogP contribution in [-0.4, -0.2) is 42.4 Å². The van der Waals surface area contributed by atoms with Crippen LogP contribution in [0.25, 0.3) is 0 Å². The summed E-state index contributed by atoms with van der Waals surface area (Å²) in [5.74, 6) is 1.78. The Bertz CT molecular complexity index is 492. The van der Waals surface area contributed by atoms with Crippen molar-refractivity contribution in [3.63, 3.8) is 0 Å². The molecule has 2 unspecified atom stereocenters. The van der Waals surface area contributed by atoms with E-state index in [1.54, 1.807) is 0 Å². The van der Waals surface area contributed by atoms with E-state index in [1.807, 2.05) is 19.1 Å². The minimum Gasteiger partial charge on any atom is -0.486 e. The number of nitrogens with zero attached hydrogens (tertiary/aromatic N) is 1. The van der Waals surface area contributed by atoms with Gasteiger partial charge in [-0.15, -0.1) is 0 Å². The molecule has 5 heteroatoms. The zero-order valence-corrected chi connectivity index (χ0v) is 12.4. The Morgan fingerprint density at radius 1 is 1.40 bits per heavy atom. The van der Waals surface area contributed by atoms with Crippen LogP contribution in [0, 0.1) is 5.92 Å². The fourth-order valence-electron chi connectivity index (χ4n) is 2.91. The molecule has 0 amide bonds. The van der Waals surface area contributed by atoms with Crippen LogP contribution >= 0.6 is 11.6 Å². The van der Waals surface area contributed by atoms with Crippen molar-refractivity contribution in [1.29, 1.82) is 0 Å². The molecule has 20 heavy (non-hydrogen) atoms. The molecule has 0 aliphatic carbocycles. The summed E-state index contributed by atoms with van der Waals surface area (Å²) >= 11 is 6.25. The maximum atomic E-state index is 9.65. The third kappa shape index (κ3) is 2.87. The number of fused-ring (bicyclic) bond motifs is 1. The van der Waals surface area contributed by atoms with Crippen molar-refractivity contribution in [2.45, 2.75) is 26.0 Å². The van der Waals surface area contributed by atoms with E-state index in [1.165, 1.54) is 0 Å². The van der Waals surface area contributed by atoms with Crippen LogP contribution in [0.2, 0.25) is 5.02 Å². The summed E-state index contributed by atoms with van der Waals surface area (Å²) in [6.07, 6.45) is 0.819. The van der Waals surface area contributed by atoms with Gasteiger partial charge in [0.15, 0.2) is 11.5 Å². The lowest BCUT2D eigenvalue weighted by Gasteiger charge is -2.22. The summed E-state index contributed by atoms with van der Waals surface area (Å²) < 4.78 is 11.1. The first kappa shape index (κ1) is 14.0. The standard InChI is InChI=1S/C15H20ClNO3/c1-10(18)12-2-3-17(9-12)8-11-6-13(16)15-14(7-11)19-4-5-20-15/h6-7,10,12,18H,2-5,8-9H2,1H3. The van der Waals surface area contributed by atoms with Crippen molar-refractivity contribution in [2.24, 2.45) is 5.92 Å². The van der Waals surface area contributed by atoms with Crippen molar-refractivity contribution in [2.75, 3.05) is 26.3 Å². The Morgan fingerprint density at radius 2 is 2.20 bits per heavy atom. The van der Waals surface area contributed by atoms with Gasteiger partial charge in [0.2, 0.25) is 0 Å². The lowest BCUT2D eigenvalue weighted by atomic mass is 10.0. The molecule has 1 saturated heterocycles.